The lowest BCUT2D eigenvalue weighted by Crippen LogP contribution is -2.26. The molecule has 2 heterocycles. The number of hydrogen-bond acceptors (Lipinski definition) is 3. The van der Waals surface area contributed by atoms with E-state index in [1.807, 2.05) is 13.1 Å². The molecule has 0 spiro atoms. The average Bonchev–Trinajstić information content (AvgIpc) is 2.81. The first-order valence-corrected chi connectivity index (χ1v) is 6.47. The van der Waals surface area contributed by atoms with Gasteiger partial charge in [-0.05, 0) is 48.5 Å². The van der Waals surface area contributed by atoms with Gasteiger partial charge >= 0.3 is 0 Å². The second-order valence-electron chi connectivity index (χ2n) is 4.67. The second kappa shape index (κ2) is 4.00. The fourth-order valence-corrected chi connectivity index (χ4v) is 3.01. The van der Waals surface area contributed by atoms with Gasteiger partial charge in [-0.3, -0.25) is 4.98 Å². The highest BCUT2D eigenvalue weighted by atomic mass is 35.5. The standard InChI is InChI=1S/C13H15ClN2O/c1-7-8(5-14)6-15-12-9-3-2-4-10(9)13(17)16-11(7)12/h6,13,16-17H,2-5H2,1H3. The van der Waals surface area contributed by atoms with Crippen LogP contribution in [0.3, 0.4) is 0 Å². The molecule has 1 aromatic rings. The van der Waals surface area contributed by atoms with Crippen LogP contribution in [0.4, 0.5) is 5.69 Å². The third-order valence-corrected chi connectivity index (χ3v) is 4.03. The SMILES string of the molecule is Cc1c(CCl)cnc2c1NC(O)C1=C2CCC1. The van der Waals surface area contributed by atoms with Crippen LogP contribution in [0.15, 0.2) is 11.8 Å². The van der Waals surface area contributed by atoms with Crippen molar-refractivity contribution in [3.05, 3.63) is 28.6 Å². The number of fused-ring (bicyclic) bond motifs is 2. The first-order chi connectivity index (χ1) is 8.22. The Morgan fingerprint density at radius 1 is 1.53 bits per heavy atom. The summed E-state index contributed by atoms with van der Waals surface area (Å²) >= 11 is 5.88. The van der Waals surface area contributed by atoms with Crippen LogP contribution in [0.5, 0.6) is 0 Å². The highest BCUT2D eigenvalue weighted by Gasteiger charge is 2.30. The maximum Gasteiger partial charge on any atom is 0.147 e. The van der Waals surface area contributed by atoms with Gasteiger partial charge in [-0.15, -0.1) is 11.6 Å². The van der Waals surface area contributed by atoms with E-state index in [0.717, 1.165) is 47.3 Å². The summed E-state index contributed by atoms with van der Waals surface area (Å²) in [7, 11) is 0. The summed E-state index contributed by atoms with van der Waals surface area (Å²) in [6, 6.07) is 0. The first kappa shape index (κ1) is 11.1. The van der Waals surface area contributed by atoms with Gasteiger partial charge in [-0.1, -0.05) is 0 Å². The van der Waals surface area contributed by atoms with Crippen LogP contribution in [-0.2, 0) is 5.88 Å². The number of aliphatic hydroxyl groups is 1. The molecule has 0 fully saturated rings. The van der Waals surface area contributed by atoms with Crippen molar-refractivity contribution in [1.82, 2.24) is 4.98 Å². The van der Waals surface area contributed by atoms with E-state index in [1.165, 1.54) is 5.57 Å². The van der Waals surface area contributed by atoms with Gasteiger partial charge in [-0.2, -0.15) is 0 Å². The van der Waals surface area contributed by atoms with Crippen molar-refractivity contribution in [2.24, 2.45) is 0 Å². The van der Waals surface area contributed by atoms with E-state index in [0.29, 0.717) is 5.88 Å². The van der Waals surface area contributed by atoms with E-state index in [9.17, 15) is 5.11 Å². The molecule has 1 atom stereocenters. The van der Waals surface area contributed by atoms with Gasteiger partial charge < -0.3 is 10.4 Å². The van der Waals surface area contributed by atoms with Crippen molar-refractivity contribution in [1.29, 1.82) is 0 Å². The number of aliphatic hydroxyl groups excluding tert-OH is 1. The van der Waals surface area contributed by atoms with E-state index in [2.05, 4.69) is 10.3 Å². The monoisotopic (exact) mass is 250 g/mol. The molecule has 0 bridgehead atoms. The molecule has 0 saturated carbocycles. The summed E-state index contributed by atoms with van der Waals surface area (Å²) in [6.45, 7) is 2.03. The fraction of sp³-hybridized carbons (Fsp3) is 0.462. The summed E-state index contributed by atoms with van der Waals surface area (Å²) in [4.78, 5) is 4.51. The third-order valence-electron chi connectivity index (χ3n) is 3.74. The Balaban J connectivity index is 2.19. The Bertz CT molecular complexity index is 510. The van der Waals surface area contributed by atoms with Gasteiger partial charge in [0.15, 0.2) is 0 Å². The minimum Gasteiger partial charge on any atom is -0.370 e. The van der Waals surface area contributed by atoms with Gasteiger partial charge in [0, 0.05) is 12.1 Å². The molecule has 0 radical (unpaired) electrons. The maximum atomic E-state index is 10.1. The van der Waals surface area contributed by atoms with Crippen LogP contribution < -0.4 is 5.32 Å². The van der Waals surface area contributed by atoms with Crippen molar-refractivity contribution in [2.45, 2.75) is 38.3 Å². The van der Waals surface area contributed by atoms with Crippen molar-refractivity contribution in [2.75, 3.05) is 5.32 Å². The zero-order valence-electron chi connectivity index (χ0n) is 9.76. The molecule has 3 nitrogen and oxygen atoms in total. The van der Waals surface area contributed by atoms with Crippen molar-refractivity contribution >= 4 is 22.9 Å². The Morgan fingerprint density at radius 3 is 3.12 bits per heavy atom. The topological polar surface area (TPSA) is 45.2 Å². The molecule has 1 aromatic heterocycles. The van der Waals surface area contributed by atoms with E-state index in [4.69, 9.17) is 11.6 Å². The molecule has 2 N–H and O–H groups in total. The van der Waals surface area contributed by atoms with Gasteiger partial charge in [0.25, 0.3) is 0 Å². The number of rotatable bonds is 1. The maximum absolute atomic E-state index is 10.1. The van der Waals surface area contributed by atoms with E-state index in [-0.39, 0.29) is 0 Å². The minimum atomic E-state index is -0.550. The minimum absolute atomic E-state index is 0.454. The third kappa shape index (κ3) is 1.57. The Labute approximate surface area is 106 Å². The van der Waals surface area contributed by atoms with Crippen LogP contribution in [0.25, 0.3) is 5.57 Å². The highest BCUT2D eigenvalue weighted by molar-refractivity contribution is 6.17. The molecule has 4 heteroatoms. The number of anilines is 1. The zero-order valence-corrected chi connectivity index (χ0v) is 10.5. The van der Waals surface area contributed by atoms with E-state index < -0.39 is 6.23 Å². The van der Waals surface area contributed by atoms with Gasteiger partial charge in [0.2, 0.25) is 0 Å². The molecule has 2 aliphatic rings. The number of alkyl halides is 1. The van der Waals surface area contributed by atoms with Crippen molar-refractivity contribution in [3.8, 4) is 0 Å². The largest absolute Gasteiger partial charge is 0.370 e. The molecule has 90 valence electrons. The van der Waals surface area contributed by atoms with E-state index in [1.54, 1.807) is 0 Å². The quantitative estimate of drug-likeness (QED) is 0.754. The van der Waals surface area contributed by atoms with Gasteiger partial charge in [0.1, 0.15) is 6.23 Å². The number of nitrogens with zero attached hydrogens (tertiary/aromatic N) is 1. The lowest BCUT2D eigenvalue weighted by atomic mass is 9.97. The summed E-state index contributed by atoms with van der Waals surface area (Å²) < 4.78 is 0. The lowest BCUT2D eigenvalue weighted by Gasteiger charge is -2.27. The first-order valence-electron chi connectivity index (χ1n) is 5.93. The van der Waals surface area contributed by atoms with Gasteiger partial charge in [-0.25, -0.2) is 0 Å². The van der Waals surface area contributed by atoms with Crippen LogP contribution in [-0.4, -0.2) is 16.3 Å². The predicted octanol–water partition coefficient (Wildman–Crippen LogP) is 2.81. The average molecular weight is 251 g/mol. The van der Waals surface area contributed by atoms with E-state index >= 15 is 0 Å². The predicted molar refractivity (Wildman–Crippen MR) is 68.9 cm³/mol. The number of halogens is 1. The summed E-state index contributed by atoms with van der Waals surface area (Å²) in [6.07, 6.45) is 4.41. The zero-order chi connectivity index (χ0) is 12.0. The number of nitrogens with one attached hydrogen (secondary N) is 1. The normalized spacial score (nSPS) is 22.2. The van der Waals surface area contributed by atoms with Crippen LogP contribution in [0.1, 0.15) is 36.1 Å². The highest BCUT2D eigenvalue weighted by Crippen LogP contribution is 2.43. The molecule has 0 aromatic carbocycles. The molecule has 1 aliphatic carbocycles. The number of aromatic nitrogens is 1. The molecule has 0 amide bonds. The second-order valence-corrected chi connectivity index (χ2v) is 4.94. The Kier molecular flexibility index (Phi) is 2.60. The van der Waals surface area contributed by atoms with Crippen LogP contribution in [0, 0.1) is 6.92 Å². The summed E-state index contributed by atoms with van der Waals surface area (Å²) in [5, 5.41) is 13.2. The molecule has 0 saturated heterocycles. The molecule has 3 rings (SSSR count). The lowest BCUT2D eigenvalue weighted by molar-refractivity contribution is 0.236. The Morgan fingerprint density at radius 2 is 2.35 bits per heavy atom. The van der Waals surface area contributed by atoms with Crippen molar-refractivity contribution < 1.29 is 5.11 Å². The number of pyridine rings is 1. The number of hydrogen-bond donors (Lipinski definition) is 2. The summed E-state index contributed by atoms with van der Waals surface area (Å²) in [5.74, 6) is 0.454. The molecular weight excluding hydrogens is 236 g/mol. The molecular formula is C13H15ClN2O. The smallest absolute Gasteiger partial charge is 0.147 e. The molecule has 1 unspecified atom stereocenters. The van der Waals surface area contributed by atoms with Crippen molar-refractivity contribution in [3.63, 3.8) is 0 Å². The van der Waals surface area contributed by atoms with Crippen LogP contribution >= 0.6 is 11.6 Å². The molecule has 1 aliphatic heterocycles. The molecule has 17 heavy (non-hydrogen) atoms. The fourth-order valence-electron chi connectivity index (χ4n) is 2.75. The summed E-state index contributed by atoms with van der Waals surface area (Å²) in [5.41, 5.74) is 6.43. The van der Waals surface area contributed by atoms with Crippen LogP contribution in [0.2, 0.25) is 0 Å². The van der Waals surface area contributed by atoms with Gasteiger partial charge in [0.05, 0.1) is 11.4 Å². The Hall–Kier alpha value is -1.06. The number of allylic oxidation sites excluding steroid dienone is 1.